The first-order valence-electron chi connectivity index (χ1n) is 10.3. The first-order chi connectivity index (χ1) is 16.3. The van der Waals surface area contributed by atoms with Gasteiger partial charge in [0.05, 0.1) is 40.6 Å². The molecule has 2 aromatic rings. The van der Waals surface area contributed by atoms with Crippen LogP contribution in [0.25, 0.3) is 5.57 Å². The van der Waals surface area contributed by atoms with Gasteiger partial charge >= 0.3 is 17.9 Å². The average Bonchev–Trinajstić information content (AvgIpc) is 2.86. The summed E-state index contributed by atoms with van der Waals surface area (Å²) in [5.74, 6) is -0.953. The average molecular weight is 491 g/mol. The van der Waals surface area contributed by atoms with Crippen LogP contribution < -0.4 is 9.47 Å². The molecule has 0 aliphatic heterocycles. The van der Waals surface area contributed by atoms with Gasteiger partial charge in [-0.3, -0.25) is 4.79 Å². The molecule has 0 amide bonds. The van der Waals surface area contributed by atoms with Crippen molar-refractivity contribution in [1.29, 1.82) is 0 Å². The molecule has 0 radical (unpaired) electrons. The molecule has 0 aliphatic rings. The van der Waals surface area contributed by atoms with Gasteiger partial charge in [0.1, 0.15) is 16.9 Å². The molecule has 0 fully saturated rings. The molecule has 0 heterocycles. The molecule has 9 heteroatoms. The van der Waals surface area contributed by atoms with Gasteiger partial charge < -0.3 is 23.7 Å². The summed E-state index contributed by atoms with van der Waals surface area (Å²) < 4.78 is 25.0. The Morgan fingerprint density at radius 2 is 1.47 bits per heavy atom. The Bertz CT molecular complexity index is 1090. The maximum Gasteiger partial charge on any atom is 0.341 e. The van der Waals surface area contributed by atoms with Crippen molar-refractivity contribution in [1.82, 2.24) is 0 Å². The summed E-state index contributed by atoms with van der Waals surface area (Å²) in [7, 11) is 6.74. The smallest absolute Gasteiger partial charge is 0.341 e. The zero-order chi connectivity index (χ0) is 25.3. The number of benzene rings is 2. The van der Waals surface area contributed by atoms with Crippen molar-refractivity contribution >= 4 is 35.1 Å². The summed E-state index contributed by atoms with van der Waals surface area (Å²) >= 11 is 6.43. The van der Waals surface area contributed by atoms with Crippen LogP contribution in [0.1, 0.15) is 51.1 Å². The molecule has 0 saturated carbocycles. The van der Waals surface area contributed by atoms with Crippen LogP contribution in [0.15, 0.2) is 36.4 Å². The number of hydrogen-bond acceptors (Lipinski definition) is 8. The monoisotopic (exact) mass is 490 g/mol. The maximum atomic E-state index is 12.4. The molecule has 0 bridgehead atoms. The number of rotatable bonds is 10. The second-order valence-corrected chi connectivity index (χ2v) is 7.43. The number of hydrogen-bond donors (Lipinski definition) is 0. The summed E-state index contributed by atoms with van der Waals surface area (Å²) in [5, 5.41) is 0.211. The Morgan fingerprint density at radius 1 is 0.824 bits per heavy atom. The van der Waals surface area contributed by atoms with Gasteiger partial charge in [0.2, 0.25) is 0 Å². The lowest BCUT2D eigenvalue weighted by Crippen LogP contribution is -2.07. The van der Waals surface area contributed by atoms with Crippen LogP contribution in [0, 0.1) is 0 Å². The van der Waals surface area contributed by atoms with Crippen LogP contribution >= 0.6 is 11.6 Å². The van der Waals surface area contributed by atoms with E-state index in [0.717, 1.165) is 0 Å². The van der Waals surface area contributed by atoms with E-state index in [0.29, 0.717) is 35.3 Å². The molecular formula is C25H27ClO8. The molecule has 0 unspecified atom stereocenters. The Labute approximate surface area is 203 Å². The highest BCUT2D eigenvalue weighted by atomic mass is 35.5. The first kappa shape index (κ1) is 26.7. The minimum absolute atomic E-state index is 0.148. The lowest BCUT2D eigenvalue weighted by molar-refractivity contribution is -0.140. The van der Waals surface area contributed by atoms with Crippen molar-refractivity contribution in [2.45, 2.75) is 19.3 Å². The van der Waals surface area contributed by atoms with E-state index in [1.807, 2.05) is 6.08 Å². The van der Waals surface area contributed by atoms with E-state index in [9.17, 15) is 14.4 Å². The van der Waals surface area contributed by atoms with Gasteiger partial charge in [-0.1, -0.05) is 23.7 Å². The summed E-state index contributed by atoms with van der Waals surface area (Å²) in [4.78, 5) is 36.2. The predicted octanol–water partition coefficient (Wildman–Crippen LogP) is 4.71. The number of ether oxygens (including phenoxy) is 5. The number of allylic oxidation sites excluding steroid dienone is 1. The summed E-state index contributed by atoms with van der Waals surface area (Å²) in [6.45, 7) is 0. The molecule has 0 atom stereocenters. The number of esters is 3. The Morgan fingerprint density at radius 3 is 2.06 bits per heavy atom. The fourth-order valence-corrected chi connectivity index (χ4v) is 3.66. The van der Waals surface area contributed by atoms with E-state index in [1.165, 1.54) is 35.5 Å². The number of carbonyl (C=O) groups excluding carboxylic acids is 3. The van der Waals surface area contributed by atoms with E-state index >= 15 is 0 Å². The van der Waals surface area contributed by atoms with Gasteiger partial charge in [0, 0.05) is 6.42 Å². The molecule has 34 heavy (non-hydrogen) atoms. The van der Waals surface area contributed by atoms with Gasteiger partial charge in [0.15, 0.2) is 5.75 Å². The standard InChI is InChI=1S/C25H27ClO8/c1-30-21-11-10-15(12-18(21)24(28)33-4)17(8-6-7-9-22(27)31-2)16-13-19(25(29)34-5)23(32-3)20(26)14-16/h8,10-14H,6-7,9H2,1-5H3/b17-8-. The Balaban J connectivity index is 2.66. The number of unbranched alkanes of at least 4 members (excludes halogenated alkanes) is 1. The van der Waals surface area contributed by atoms with Crippen LogP contribution in [-0.4, -0.2) is 53.5 Å². The molecular weight excluding hydrogens is 464 g/mol. The second kappa shape index (κ2) is 12.6. The molecule has 8 nitrogen and oxygen atoms in total. The number of carbonyl (C=O) groups is 3. The van der Waals surface area contributed by atoms with Crippen LogP contribution in [0.5, 0.6) is 11.5 Å². The molecule has 2 rings (SSSR count). The Kier molecular flexibility index (Phi) is 9.94. The molecule has 0 spiro atoms. The van der Waals surface area contributed by atoms with E-state index in [1.54, 1.807) is 30.3 Å². The lowest BCUT2D eigenvalue weighted by Gasteiger charge is -2.16. The van der Waals surface area contributed by atoms with Crippen molar-refractivity contribution in [3.05, 3.63) is 63.7 Å². The molecule has 0 aliphatic carbocycles. The first-order valence-corrected chi connectivity index (χ1v) is 10.7. The second-order valence-electron chi connectivity index (χ2n) is 7.02. The quantitative estimate of drug-likeness (QED) is 0.268. The van der Waals surface area contributed by atoms with Crippen LogP contribution in [0.3, 0.4) is 0 Å². The van der Waals surface area contributed by atoms with E-state index < -0.39 is 11.9 Å². The summed E-state index contributed by atoms with van der Waals surface area (Å²) in [6.07, 6.45) is 3.18. The van der Waals surface area contributed by atoms with Gasteiger partial charge in [0.25, 0.3) is 0 Å². The molecule has 0 saturated heterocycles. The van der Waals surface area contributed by atoms with Crippen molar-refractivity contribution < 1.29 is 38.1 Å². The highest BCUT2D eigenvalue weighted by Crippen LogP contribution is 2.36. The van der Waals surface area contributed by atoms with Gasteiger partial charge in [-0.05, 0) is 53.8 Å². The molecule has 0 aromatic heterocycles. The minimum Gasteiger partial charge on any atom is -0.496 e. The third-order valence-corrected chi connectivity index (χ3v) is 5.32. The van der Waals surface area contributed by atoms with Gasteiger partial charge in [-0.15, -0.1) is 0 Å². The van der Waals surface area contributed by atoms with Gasteiger partial charge in [-0.2, -0.15) is 0 Å². The van der Waals surface area contributed by atoms with Crippen LogP contribution in [-0.2, 0) is 19.0 Å². The molecule has 2 aromatic carbocycles. The van der Waals surface area contributed by atoms with E-state index in [-0.39, 0.29) is 34.3 Å². The largest absolute Gasteiger partial charge is 0.496 e. The Hall–Kier alpha value is -3.52. The summed E-state index contributed by atoms with van der Waals surface area (Å²) in [5.41, 5.74) is 2.29. The fourth-order valence-electron chi connectivity index (χ4n) is 3.36. The van der Waals surface area contributed by atoms with Crippen molar-refractivity contribution in [2.75, 3.05) is 35.5 Å². The normalized spacial score (nSPS) is 10.9. The van der Waals surface area contributed by atoms with Crippen molar-refractivity contribution in [3.63, 3.8) is 0 Å². The van der Waals surface area contributed by atoms with Crippen LogP contribution in [0.4, 0.5) is 0 Å². The van der Waals surface area contributed by atoms with E-state index in [2.05, 4.69) is 0 Å². The third-order valence-electron chi connectivity index (χ3n) is 5.04. The SMILES string of the molecule is COC(=O)CCC/C=C(/c1ccc(OC)c(C(=O)OC)c1)c1cc(Cl)c(OC)c(C(=O)OC)c1. The lowest BCUT2D eigenvalue weighted by atomic mass is 9.93. The third kappa shape index (κ3) is 6.29. The topological polar surface area (TPSA) is 97.4 Å². The molecule has 0 N–H and O–H groups in total. The van der Waals surface area contributed by atoms with Gasteiger partial charge in [-0.25, -0.2) is 9.59 Å². The fraction of sp³-hybridized carbons (Fsp3) is 0.320. The molecule has 182 valence electrons. The van der Waals surface area contributed by atoms with Crippen molar-refractivity contribution in [3.8, 4) is 11.5 Å². The highest BCUT2D eigenvalue weighted by molar-refractivity contribution is 6.33. The van der Waals surface area contributed by atoms with E-state index in [4.69, 9.17) is 35.3 Å². The maximum absolute atomic E-state index is 12.4. The highest BCUT2D eigenvalue weighted by Gasteiger charge is 2.21. The minimum atomic E-state index is -0.615. The zero-order valence-corrected chi connectivity index (χ0v) is 20.5. The van der Waals surface area contributed by atoms with Crippen LogP contribution in [0.2, 0.25) is 5.02 Å². The predicted molar refractivity (Wildman–Crippen MR) is 127 cm³/mol. The summed E-state index contributed by atoms with van der Waals surface area (Å²) in [6, 6.07) is 8.31. The number of halogens is 1. The number of methoxy groups -OCH3 is 5. The zero-order valence-electron chi connectivity index (χ0n) is 19.7. The van der Waals surface area contributed by atoms with Crippen molar-refractivity contribution in [2.24, 2.45) is 0 Å².